The average molecular weight is 262 g/mol. The summed E-state index contributed by atoms with van der Waals surface area (Å²) >= 11 is 0. The first-order chi connectivity index (χ1) is 9.33. The number of carbonyl (C=O) groups is 1. The van der Waals surface area contributed by atoms with Crippen molar-refractivity contribution in [1.29, 1.82) is 0 Å². The second kappa shape index (κ2) is 5.48. The van der Waals surface area contributed by atoms with Crippen molar-refractivity contribution in [3.8, 4) is 0 Å². The summed E-state index contributed by atoms with van der Waals surface area (Å²) in [6.07, 6.45) is 1.79. The van der Waals surface area contributed by atoms with Crippen molar-refractivity contribution in [2.24, 2.45) is 0 Å². The molecule has 1 aromatic carbocycles. The fourth-order valence-electron chi connectivity index (χ4n) is 2.47. The van der Waals surface area contributed by atoms with Gasteiger partial charge in [0.1, 0.15) is 6.61 Å². The van der Waals surface area contributed by atoms with Gasteiger partial charge in [0.05, 0.1) is 6.54 Å². The Hall–Kier alpha value is -1.75. The molecule has 0 radical (unpaired) electrons. The van der Waals surface area contributed by atoms with E-state index < -0.39 is 0 Å². The highest BCUT2D eigenvalue weighted by atomic mass is 16.6. The van der Waals surface area contributed by atoms with Crippen LogP contribution in [0.15, 0.2) is 24.3 Å². The molecule has 2 fully saturated rings. The first-order valence-electron chi connectivity index (χ1n) is 6.71. The van der Waals surface area contributed by atoms with E-state index in [0.717, 1.165) is 37.4 Å². The number of nitrogens with one attached hydrogen (secondary N) is 1. The molecule has 1 N–H and O–H groups in total. The van der Waals surface area contributed by atoms with Gasteiger partial charge in [0.15, 0.2) is 0 Å². The predicted molar refractivity (Wildman–Crippen MR) is 72.6 cm³/mol. The van der Waals surface area contributed by atoms with E-state index in [2.05, 4.69) is 5.32 Å². The van der Waals surface area contributed by atoms with E-state index in [-0.39, 0.29) is 6.09 Å². The summed E-state index contributed by atoms with van der Waals surface area (Å²) in [6.45, 7) is 2.72. The van der Waals surface area contributed by atoms with Crippen LogP contribution in [0.1, 0.15) is 12.8 Å². The van der Waals surface area contributed by atoms with Crippen LogP contribution >= 0.6 is 0 Å². The lowest BCUT2D eigenvalue weighted by Crippen LogP contribution is -2.28. The quantitative estimate of drug-likeness (QED) is 0.907. The van der Waals surface area contributed by atoms with Gasteiger partial charge in [-0.3, -0.25) is 4.90 Å². The summed E-state index contributed by atoms with van der Waals surface area (Å²) in [5.74, 6) is 0. The molecular formula is C14H18N2O3. The Balaban J connectivity index is 1.70. The van der Waals surface area contributed by atoms with Gasteiger partial charge < -0.3 is 14.8 Å². The highest BCUT2D eigenvalue weighted by Gasteiger charge is 2.23. The van der Waals surface area contributed by atoms with Gasteiger partial charge in [-0.05, 0) is 31.0 Å². The second-order valence-corrected chi connectivity index (χ2v) is 4.85. The van der Waals surface area contributed by atoms with Crippen LogP contribution in [0.4, 0.5) is 16.2 Å². The normalized spacial score (nSPS) is 20.4. The molecule has 5 nitrogen and oxygen atoms in total. The fraction of sp³-hybridized carbons (Fsp3) is 0.500. The van der Waals surface area contributed by atoms with E-state index in [4.69, 9.17) is 9.47 Å². The Labute approximate surface area is 112 Å². The molecule has 0 saturated carbocycles. The lowest BCUT2D eigenvalue weighted by molar-refractivity contribution is 0.0904. The number of benzene rings is 1. The number of anilines is 2. The van der Waals surface area contributed by atoms with Crippen LogP contribution < -0.4 is 10.2 Å². The summed E-state index contributed by atoms with van der Waals surface area (Å²) < 4.78 is 10.3. The van der Waals surface area contributed by atoms with E-state index >= 15 is 0 Å². The average Bonchev–Trinajstić information content (AvgIpc) is 2.86. The van der Waals surface area contributed by atoms with Crippen molar-refractivity contribution >= 4 is 17.5 Å². The van der Waals surface area contributed by atoms with Crippen molar-refractivity contribution in [1.82, 2.24) is 0 Å². The minimum Gasteiger partial charge on any atom is -0.447 e. The SMILES string of the molecule is O=C1OCCN1c1cccc(NC2CCOCC2)c1. The van der Waals surface area contributed by atoms with Crippen LogP contribution in [0.3, 0.4) is 0 Å². The van der Waals surface area contributed by atoms with Gasteiger partial charge in [-0.2, -0.15) is 0 Å². The molecule has 0 unspecified atom stereocenters. The lowest BCUT2D eigenvalue weighted by Gasteiger charge is -2.24. The third kappa shape index (κ3) is 2.81. The molecule has 1 aromatic rings. The van der Waals surface area contributed by atoms with Gasteiger partial charge in [-0.15, -0.1) is 0 Å². The Morgan fingerprint density at radius 3 is 2.79 bits per heavy atom. The molecule has 1 amide bonds. The number of ether oxygens (including phenoxy) is 2. The first-order valence-corrected chi connectivity index (χ1v) is 6.71. The molecule has 0 spiro atoms. The van der Waals surface area contributed by atoms with Gasteiger partial charge in [0.2, 0.25) is 0 Å². The maximum absolute atomic E-state index is 11.5. The van der Waals surface area contributed by atoms with Crippen molar-refractivity contribution in [2.45, 2.75) is 18.9 Å². The molecule has 3 rings (SSSR count). The Bertz CT molecular complexity index is 458. The molecule has 2 saturated heterocycles. The third-order valence-corrected chi connectivity index (χ3v) is 3.51. The maximum Gasteiger partial charge on any atom is 0.414 e. The monoisotopic (exact) mass is 262 g/mol. The number of rotatable bonds is 3. The molecule has 19 heavy (non-hydrogen) atoms. The van der Waals surface area contributed by atoms with E-state index in [1.165, 1.54) is 0 Å². The van der Waals surface area contributed by atoms with Gasteiger partial charge in [-0.25, -0.2) is 4.79 Å². The zero-order chi connectivity index (χ0) is 13.1. The first kappa shape index (κ1) is 12.3. The number of hydrogen-bond acceptors (Lipinski definition) is 4. The molecule has 5 heteroatoms. The molecule has 0 aliphatic carbocycles. The van der Waals surface area contributed by atoms with E-state index in [0.29, 0.717) is 19.2 Å². The number of cyclic esters (lactones) is 1. The van der Waals surface area contributed by atoms with Crippen LogP contribution in [0.25, 0.3) is 0 Å². The van der Waals surface area contributed by atoms with Crippen molar-refractivity contribution in [3.05, 3.63) is 24.3 Å². The highest BCUT2D eigenvalue weighted by Crippen LogP contribution is 2.24. The molecule has 0 bridgehead atoms. The van der Waals surface area contributed by atoms with Crippen LogP contribution in [0.2, 0.25) is 0 Å². The summed E-state index contributed by atoms with van der Waals surface area (Å²) in [5.41, 5.74) is 1.93. The van der Waals surface area contributed by atoms with E-state index in [1.807, 2.05) is 24.3 Å². The van der Waals surface area contributed by atoms with Gasteiger partial charge in [0.25, 0.3) is 0 Å². The Morgan fingerprint density at radius 2 is 2.05 bits per heavy atom. The summed E-state index contributed by atoms with van der Waals surface area (Å²) in [6, 6.07) is 8.38. The minimum absolute atomic E-state index is 0.261. The second-order valence-electron chi connectivity index (χ2n) is 4.85. The Morgan fingerprint density at radius 1 is 1.21 bits per heavy atom. The van der Waals surface area contributed by atoms with Gasteiger partial charge in [0, 0.05) is 30.6 Å². The maximum atomic E-state index is 11.5. The molecular weight excluding hydrogens is 244 g/mol. The van der Waals surface area contributed by atoms with Gasteiger partial charge in [-0.1, -0.05) is 6.07 Å². The standard InChI is InChI=1S/C14H18N2O3/c17-14-16(6-9-19-14)13-3-1-2-12(10-13)15-11-4-7-18-8-5-11/h1-3,10-11,15H,4-9H2. The topological polar surface area (TPSA) is 50.8 Å². The molecule has 2 aliphatic heterocycles. The van der Waals surface area contributed by atoms with E-state index in [9.17, 15) is 4.79 Å². The van der Waals surface area contributed by atoms with Crippen LogP contribution in [-0.2, 0) is 9.47 Å². The zero-order valence-corrected chi connectivity index (χ0v) is 10.8. The lowest BCUT2D eigenvalue weighted by atomic mass is 10.1. The van der Waals surface area contributed by atoms with Crippen LogP contribution in [0, 0.1) is 0 Å². The number of amides is 1. The fourth-order valence-corrected chi connectivity index (χ4v) is 2.47. The summed E-state index contributed by atoms with van der Waals surface area (Å²) in [7, 11) is 0. The molecule has 0 aromatic heterocycles. The van der Waals surface area contributed by atoms with Crippen LogP contribution in [0.5, 0.6) is 0 Å². The molecule has 102 valence electrons. The van der Waals surface area contributed by atoms with Crippen LogP contribution in [-0.4, -0.2) is 38.5 Å². The summed E-state index contributed by atoms with van der Waals surface area (Å²) in [4.78, 5) is 13.2. The zero-order valence-electron chi connectivity index (χ0n) is 10.8. The van der Waals surface area contributed by atoms with E-state index in [1.54, 1.807) is 4.90 Å². The van der Waals surface area contributed by atoms with Crippen molar-refractivity contribution in [2.75, 3.05) is 36.6 Å². The number of hydrogen-bond donors (Lipinski definition) is 1. The van der Waals surface area contributed by atoms with Crippen molar-refractivity contribution < 1.29 is 14.3 Å². The highest BCUT2D eigenvalue weighted by molar-refractivity contribution is 5.89. The predicted octanol–water partition coefficient (Wildman–Crippen LogP) is 2.23. The van der Waals surface area contributed by atoms with Gasteiger partial charge >= 0.3 is 6.09 Å². The largest absolute Gasteiger partial charge is 0.447 e. The molecule has 0 atom stereocenters. The smallest absolute Gasteiger partial charge is 0.414 e. The number of nitrogens with zero attached hydrogens (tertiary/aromatic N) is 1. The molecule has 2 aliphatic rings. The Kier molecular flexibility index (Phi) is 3.55. The number of carbonyl (C=O) groups excluding carboxylic acids is 1. The minimum atomic E-state index is -0.261. The summed E-state index contributed by atoms with van der Waals surface area (Å²) in [5, 5.41) is 3.50. The molecule has 2 heterocycles. The third-order valence-electron chi connectivity index (χ3n) is 3.51. The van der Waals surface area contributed by atoms with Crippen molar-refractivity contribution in [3.63, 3.8) is 0 Å².